The minimum absolute atomic E-state index is 0.106. The number of amides is 1. The van der Waals surface area contributed by atoms with Crippen molar-refractivity contribution in [3.8, 4) is 11.8 Å². The summed E-state index contributed by atoms with van der Waals surface area (Å²) in [5, 5.41) is 21.3. The highest BCUT2D eigenvalue weighted by molar-refractivity contribution is 5.98. The van der Waals surface area contributed by atoms with E-state index < -0.39 is 29.9 Å². The molecule has 7 nitrogen and oxygen atoms in total. The Morgan fingerprint density at radius 3 is 2.07 bits per heavy atom. The normalized spacial score (nSPS) is 18.6. The smallest absolute Gasteiger partial charge is 0.328 e. The lowest BCUT2D eigenvalue weighted by molar-refractivity contribution is -0.152. The Labute approximate surface area is 161 Å². The molecule has 3 N–H and O–H groups in total. The van der Waals surface area contributed by atoms with E-state index in [1.54, 1.807) is 24.3 Å². The minimum atomic E-state index is -1.48. The Morgan fingerprint density at radius 1 is 0.893 bits per heavy atom. The molecule has 2 aromatic carbocycles. The highest BCUT2D eigenvalue weighted by Gasteiger charge is 2.43. The van der Waals surface area contributed by atoms with Crippen LogP contribution in [0.15, 0.2) is 54.6 Å². The number of hydrogen-bond acceptors (Lipinski definition) is 4. The summed E-state index contributed by atoms with van der Waals surface area (Å²) in [6, 6.07) is 13.1. The molecule has 0 aliphatic carbocycles. The average molecular weight is 378 g/mol. The number of benzene rings is 2. The van der Waals surface area contributed by atoms with Crippen LogP contribution in [0, 0.1) is 11.8 Å². The fourth-order valence-electron chi connectivity index (χ4n) is 3.03. The van der Waals surface area contributed by atoms with E-state index in [1.165, 1.54) is 0 Å². The predicted molar refractivity (Wildman–Crippen MR) is 101 cm³/mol. The lowest BCUT2D eigenvalue weighted by Crippen LogP contribution is -2.65. The van der Waals surface area contributed by atoms with Gasteiger partial charge >= 0.3 is 11.9 Å². The maximum absolute atomic E-state index is 12.8. The second kappa shape index (κ2) is 8.37. The monoisotopic (exact) mass is 378 g/mol. The number of carbonyl (C=O) groups is 3. The van der Waals surface area contributed by atoms with Gasteiger partial charge in [-0.1, -0.05) is 30.0 Å². The summed E-state index contributed by atoms with van der Waals surface area (Å²) in [4.78, 5) is 36.8. The number of carbonyl (C=O) groups excluding carboxylic acids is 1. The summed E-state index contributed by atoms with van der Waals surface area (Å²) in [5.41, 5.74) is 1.86. The lowest BCUT2D eigenvalue weighted by Gasteiger charge is -2.37. The summed E-state index contributed by atoms with van der Waals surface area (Å²) in [5.74, 6) is 2.82. The van der Waals surface area contributed by atoms with Crippen molar-refractivity contribution in [3.63, 3.8) is 0 Å². The molecule has 1 fully saturated rings. The highest BCUT2D eigenvalue weighted by Crippen LogP contribution is 2.16. The highest BCUT2D eigenvalue weighted by atomic mass is 16.4. The van der Waals surface area contributed by atoms with Crippen molar-refractivity contribution in [3.05, 3.63) is 71.3 Å². The van der Waals surface area contributed by atoms with Crippen LogP contribution < -0.4 is 5.32 Å². The van der Waals surface area contributed by atoms with Crippen molar-refractivity contribution < 1.29 is 24.6 Å². The second-order valence-corrected chi connectivity index (χ2v) is 6.25. The van der Waals surface area contributed by atoms with Crippen LogP contribution in [0.3, 0.4) is 0 Å². The van der Waals surface area contributed by atoms with Gasteiger partial charge in [0.05, 0.1) is 0 Å². The van der Waals surface area contributed by atoms with Gasteiger partial charge in [-0.05, 0) is 36.4 Å². The molecule has 1 heterocycles. The van der Waals surface area contributed by atoms with Gasteiger partial charge in [0.1, 0.15) is 6.04 Å². The molecule has 1 aliphatic rings. The van der Waals surface area contributed by atoms with Crippen molar-refractivity contribution in [1.82, 2.24) is 10.2 Å². The molecule has 2 aromatic rings. The van der Waals surface area contributed by atoms with Crippen LogP contribution in [0.25, 0.3) is 0 Å². The molecule has 0 bridgehead atoms. The third kappa shape index (κ3) is 4.19. The average Bonchev–Trinajstić information content (AvgIpc) is 2.72. The van der Waals surface area contributed by atoms with Gasteiger partial charge in [-0.2, -0.15) is 0 Å². The number of nitrogens with one attached hydrogen (secondary N) is 1. The first-order valence-corrected chi connectivity index (χ1v) is 8.64. The summed E-state index contributed by atoms with van der Waals surface area (Å²) in [6.07, 6.45) is 0. The first kappa shape index (κ1) is 19.1. The van der Waals surface area contributed by atoms with Crippen LogP contribution >= 0.6 is 0 Å². The maximum Gasteiger partial charge on any atom is 0.328 e. The molecule has 142 valence electrons. The molecule has 3 rings (SSSR count). The Morgan fingerprint density at radius 2 is 1.50 bits per heavy atom. The molecule has 0 saturated carbocycles. The van der Waals surface area contributed by atoms with E-state index in [0.717, 1.165) is 10.5 Å². The standard InChI is InChI=1S/C21H18N2O5/c24-19(23-13-12-22-17(20(25)26)18(23)21(27)28)16-10-8-15(9-11-16)7-6-14-4-2-1-3-5-14/h1-5,8-11,17-18,22H,12-13H2,(H,25,26)(H,27,28)/t17-,18+/m0/s1. The topological polar surface area (TPSA) is 107 Å². The first-order valence-electron chi connectivity index (χ1n) is 8.64. The molecule has 2 atom stereocenters. The number of nitrogens with zero attached hydrogens (tertiary/aromatic N) is 1. The van der Waals surface area contributed by atoms with E-state index in [1.807, 2.05) is 30.3 Å². The fourth-order valence-corrected chi connectivity index (χ4v) is 3.03. The molecule has 0 unspecified atom stereocenters. The van der Waals surface area contributed by atoms with E-state index in [-0.39, 0.29) is 18.7 Å². The Bertz CT molecular complexity index is 944. The number of piperazine rings is 1. The zero-order valence-electron chi connectivity index (χ0n) is 14.8. The molecule has 28 heavy (non-hydrogen) atoms. The van der Waals surface area contributed by atoms with Gasteiger partial charge < -0.3 is 20.4 Å². The van der Waals surface area contributed by atoms with Gasteiger partial charge in [-0.3, -0.25) is 9.59 Å². The number of rotatable bonds is 3. The van der Waals surface area contributed by atoms with Gasteiger partial charge in [-0.15, -0.1) is 0 Å². The fraction of sp³-hybridized carbons (Fsp3) is 0.190. The molecule has 0 aromatic heterocycles. The zero-order chi connectivity index (χ0) is 20.1. The Kier molecular flexibility index (Phi) is 5.72. The summed E-state index contributed by atoms with van der Waals surface area (Å²) in [6.45, 7) is 0.308. The van der Waals surface area contributed by atoms with Crippen LogP contribution in [0.4, 0.5) is 0 Å². The quantitative estimate of drug-likeness (QED) is 0.689. The molecule has 1 amide bonds. The van der Waals surface area contributed by atoms with Gasteiger partial charge in [0.25, 0.3) is 5.91 Å². The van der Waals surface area contributed by atoms with Crippen LogP contribution in [0.5, 0.6) is 0 Å². The van der Waals surface area contributed by atoms with Gasteiger partial charge in [0.15, 0.2) is 6.04 Å². The van der Waals surface area contributed by atoms with Gasteiger partial charge in [0.2, 0.25) is 0 Å². The molecule has 1 saturated heterocycles. The third-order valence-corrected chi connectivity index (χ3v) is 4.41. The van der Waals surface area contributed by atoms with Gasteiger partial charge in [-0.25, -0.2) is 4.79 Å². The number of aliphatic carboxylic acids is 2. The van der Waals surface area contributed by atoms with Crippen molar-refractivity contribution in [2.24, 2.45) is 0 Å². The van der Waals surface area contributed by atoms with E-state index in [2.05, 4.69) is 17.2 Å². The molecular weight excluding hydrogens is 360 g/mol. The second-order valence-electron chi connectivity index (χ2n) is 6.25. The van der Waals surface area contributed by atoms with Crippen molar-refractivity contribution >= 4 is 17.8 Å². The van der Waals surface area contributed by atoms with Crippen LogP contribution in [0.1, 0.15) is 21.5 Å². The largest absolute Gasteiger partial charge is 0.480 e. The Hall–Kier alpha value is -3.63. The molecular formula is C21H18N2O5. The summed E-state index contributed by atoms with van der Waals surface area (Å²) >= 11 is 0. The van der Waals surface area contributed by atoms with E-state index in [9.17, 15) is 24.6 Å². The molecule has 0 spiro atoms. The predicted octanol–water partition coefficient (Wildman–Crippen LogP) is 1.04. The first-order chi connectivity index (χ1) is 13.5. The zero-order valence-corrected chi connectivity index (χ0v) is 14.8. The van der Waals surface area contributed by atoms with Gasteiger partial charge in [0, 0.05) is 29.8 Å². The van der Waals surface area contributed by atoms with Crippen LogP contribution in [-0.2, 0) is 9.59 Å². The summed E-state index contributed by atoms with van der Waals surface area (Å²) < 4.78 is 0. The SMILES string of the molecule is O=C(O)[C@H]1NCCN(C(=O)c2ccc(C#Cc3ccccc3)cc2)[C@H]1C(=O)O. The number of carboxylic acid groups (broad SMARTS) is 2. The molecule has 1 aliphatic heterocycles. The third-order valence-electron chi connectivity index (χ3n) is 4.41. The summed E-state index contributed by atoms with van der Waals surface area (Å²) in [7, 11) is 0. The molecule has 7 heteroatoms. The van der Waals surface area contributed by atoms with Crippen molar-refractivity contribution in [1.29, 1.82) is 0 Å². The van der Waals surface area contributed by atoms with Crippen molar-refractivity contribution in [2.75, 3.05) is 13.1 Å². The number of carboxylic acids is 2. The molecule has 0 radical (unpaired) electrons. The maximum atomic E-state index is 12.8. The van der Waals surface area contributed by atoms with Crippen molar-refractivity contribution in [2.45, 2.75) is 12.1 Å². The Balaban J connectivity index is 1.79. The van der Waals surface area contributed by atoms with E-state index in [4.69, 9.17) is 0 Å². The minimum Gasteiger partial charge on any atom is -0.480 e. The van der Waals surface area contributed by atoms with Crippen LogP contribution in [-0.4, -0.2) is 58.1 Å². The van der Waals surface area contributed by atoms with Crippen LogP contribution in [0.2, 0.25) is 0 Å². The van der Waals surface area contributed by atoms with E-state index >= 15 is 0 Å². The number of hydrogen-bond donors (Lipinski definition) is 3. The van der Waals surface area contributed by atoms with E-state index in [0.29, 0.717) is 5.56 Å². The lowest BCUT2D eigenvalue weighted by atomic mass is 10.0.